The number of H-pyrrole nitrogens is 1. The third kappa shape index (κ3) is 4.78. The summed E-state index contributed by atoms with van der Waals surface area (Å²) >= 11 is 18.7. The van der Waals surface area contributed by atoms with Crippen LogP contribution in [0.4, 0.5) is 11.5 Å². The molecule has 182 valence electrons. The van der Waals surface area contributed by atoms with E-state index in [0.29, 0.717) is 38.0 Å². The highest BCUT2D eigenvalue weighted by atomic mass is 35.5. The molecular weight excluding hydrogens is 521 g/mol. The summed E-state index contributed by atoms with van der Waals surface area (Å²) in [5, 5.41) is 12.6. The van der Waals surface area contributed by atoms with Crippen molar-refractivity contribution < 1.29 is 9.47 Å². The fourth-order valence-corrected chi connectivity index (χ4v) is 4.48. The Morgan fingerprint density at radius 2 is 1.72 bits per heavy atom. The maximum absolute atomic E-state index is 6.47. The van der Waals surface area contributed by atoms with Gasteiger partial charge in [-0.25, -0.2) is 9.97 Å². The van der Waals surface area contributed by atoms with Crippen LogP contribution in [0.25, 0.3) is 22.2 Å². The lowest BCUT2D eigenvalue weighted by Crippen LogP contribution is -2.06. The van der Waals surface area contributed by atoms with Crippen LogP contribution >= 0.6 is 34.8 Å². The number of nitrogens with zero attached hydrogens (tertiary/aromatic N) is 3. The molecule has 7 nitrogen and oxygen atoms in total. The molecule has 1 atom stereocenters. The van der Waals surface area contributed by atoms with Crippen LogP contribution < -0.4 is 14.8 Å². The molecule has 0 fully saturated rings. The minimum atomic E-state index is -0.437. The fourth-order valence-electron chi connectivity index (χ4n) is 3.89. The Kier molecular flexibility index (Phi) is 6.87. The van der Waals surface area contributed by atoms with Crippen molar-refractivity contribution in [1.82, 2.24) is 20.2 Å². The zero-order chi connectivity index (χ0) is 25.2. The summed E-state index contributed by atoms with van der Waals surface area (Å²) in [5.41, 5.74) is 3.80. The predicted octanol–water partition coefficient (Wildman–Crippen LogP) is 7.87. The van der Waals surface area contributed by atoms with Crippen LogP contribution in [0.1, 0.15) is 18.6 Å². The third-order valence-electron chi connectivity index (χ3n) is 5.62. The van der Waals surface area contributed by atoms with Crippen molar-refractivity contribution >= 4 is 57.2 Å². The smallest absolute Gasteiger partial charge is 0.164 e. The van der Waals surface area contributed by atoms with Crippen LogP contribution in [-0.2, 0) is 0 Å². The molecule has 0 bridgehead atoms. The van der Waals surface area contributed by atoms with Gasteiger partial charge in [-0.1, -0.05) is 65.1 Å². The second kappa shape index (κ2) is 10.2. The molecule has 36 heavy (non-hydrogen) atoms. The lowest BCUT2D eigenvalue weighted by molar-refractivity contribution is 0.217. The van der Waals surface area contributed by atoms with Crippen molar-refractivity contribution in [2.24, 2.45) is 0 Å². The molecule has 0 saturated heterocycles. The zero-order valence-electron chi connectivity index (χ0n) is 19.2. The average Bonchev–Trinajstić information content (AvgIpc) is 3.28. The van der Waals surface area contributed by atoms with E-state index < -0.39 is 6.10 Å². The van der Waals surface area contributed by atoms with Gasteiger partial charge >= 0.3 is 0 Å². The summed E-state index contributed by atoms with van der Waals surface area (Å²) < 4.78 is 12.0. The standard InChI is InChI=1S/C26H20Cl3N5O2/c1-14(23-24(33-34-25(23)29)15-6-4-3-5-7-15)36-22-12-20-17(11-21(22)35-2)26(31-13-30-20)32-16-8-9-18(27)19(28)10-16/h3-14H,1-2H3,(H,33,34)(H,30,31,32). The molecule has 2 aromatic heterocycles. The van der Waals surface area contributed by atoms with Crippen LogP contribution in [0.3, 0.4) is 0 Å². The number of aromatic amines is 1. The average molecular weight is 541 g/mol. The maximum atomic E-state index is 6.47. The quantitative estimate of drug-likeness (QED) is 0.218. The molecule has 0 saturated carbocycles. The summed E-state index contributed by atoms with van der Waals surface area (Å²) in [6.07, 6.45) is 1.04. The first kappa shape index (κ1) is 24.2. The summed E-state index contributed by atoms with van der Waals surface area (Å²) in [6, 6.07) is 18.7. The van der Waals surface area contributed by atoms with Gasteiger partial charge in [0.25, 0.3) is 0 Å². The number of aromatic nitrogens is 4. The molecule has 5 aromatic rings. The number of nitrogens with one attached hydrogen (secondary N) is 2. The van der Waals surface area contributed by atoms with E-state index in [0.717, 1.165) is 27.9 Å². The number of methoxy groups -OCH3 is 1. The van der Waals surface area contributed by atoms with Gasteiger partial charge in [0.1, 0.15) is 29.1 Å². The number of hydrogen-bond acceptors (Lipinski definition) is 6. The first-order valence-corrected chi connectivity index (χ1v) is 12.1. The van der Waals surface area contributed by atoms with E-state index in [-0.39, 0.29) is 0 Å². The number of ether oxygens (including phenoxy) is 2. The molecule has 2 N–H and O–H groups in total. The van der Waals surface area contributed by atoms with Crippen molar-refractivity contribution in [1.29, 1.82) is 0 Å². The first-order chi connectivity index (χ1) is 17.4. The van der Waals surface area contributed by atoms with Crippen LogP contribution in [0, 0.1) is 0 Å². The Bertz CT molecular complexity index is 1540. The Balaban J connectivity index is 1.49. The Morgan fingerprint density at radius 1 is 0.917 bits per heavy atom. The van der Waals surface area contributed by atoms with Gasteiger partial charge in [0, 0.05) is 22.7 Å². The Labute approximate surface area is 222 Å². The van der Waals surface area contributed by atoms with Gasteiger partial charge in [0.2, 0.25) is 0 Å². The molecular formula is C26H20Cl3N5O2. The van der Waals surface area contributed by atoms with E-state index in [4.69, 9.17) is 44.3 Å². The van der Waals surface area contributed by atoms with E-state index >= 15 is 0 Å². The van der Waals surface area contributed by atoms with E-state index in [1.165, 1.54) is 6.33 Å². The summed E-state index contributed by atoms with van der Waals surface area (Å²) in [6.45, 7) is 1.91. The third-order valence-corrected chi connectivity index (χ3v) is 6.65. The highest BCUT2D eigenvalue weighted by molar-refractivity contribution is 6.42. The highest BCUT2D eigenvalue weighted by Gasteiger charge is 2.23. The molecule has 0 amide bonds. The molecule has 3 aromatic carbocycles. The highest BCUT2D eigenvalue weighted by Crippen LogP contribution is 2.40. The molecule has 2 heterocycles. The normalized spacial score (nSPS) is 11.9. The molecule has 0 spiro atoms. The number of rotatable bonds is 7. The zero-order valence-corrected chi connectivity index (χ0v) is 21.5. The van der Waals surface area contributed by atoms with Gasteiger partial charge in [0.05, 0.1) is 28.2 Å². The van der Waals surface area contributed by atoms with Gasteiger partial charge in [-0.15, -0.1) is 0 Å². The molecule has 10 heteroatoms. The van der Waals surface area contributed by atoms with Crippen LogP contribution in [0.2, 0.25) is 15.2 Å². The molecule has 1 unspecified atom stereocenters. The van der Waals surface area contributed by atoms with E-state index in [1.807, 2.05) is 55.5 Å². The number of hydrogen-bond donors (Lipinski definition) is 2. The Morgan fingerprint density at radius 3 is 2.47 bits per heavy atom. The summed E-state index contributed by atoms with van der Waals surface area (Å²) in [5.74, 6) is 1.61. The molecule has 0 aliphatic carbocycles. The van der Waals surface area contributed by atoms with Crippen molar-refractivity contribution in [3.63, 3.8) is 0 Å². The first-order valence-electron chi connectivity index (χ1n) is 10.9. The van der Waals surface area contributed by atoms with Crippen molar-refractivity contribution in [2.75, 3.05) is 12.4 Å². The van der Waals surface area contributed by atoms with Crippen LogP contribution in [0.5, 0.6) is 11.5 Å². The second-order valence-electron chi connectivity index (χ2n) is 7.92. The van der Waals surface area contributed by atoms with Crippen LogP contribution in [0.15, 0.2) is 67.0 Å². The number of fused-ring (bicyclic) bond motifs is 1. The lowest BCUT2D eigenvalue weighted by Gasteiger charge is -2.19. The molecule has 0 aliphatic heterocycles. The molecule has 0 radical (unpaired) electrons. The van der Waals surface area contributed by atoms with E-state index in [2.05, 4.69) is 25.5 Å². The minimum Gasteiger partial charge on any atom is -0.493 e. The van der Waals surface area contributed by atoms with Crippen molar-refractivity contribution in [3.05, 3.63) is 87.8 Å². The van der Waals surface area contributed by atoms with Crippen LogP contribution in [-0.4, -0.2) is 27.3 Å². The van der Waals surface area contributed by atoms with Crippen molar-refractivity contribution in [3.8, 4) is 22.8 Å². The number of anilines is 2. The minimum absolute atomic E-state index is 0.413. The topological polar surface area (TPSA) is 84.9 Å². The predicted molar refractivity (Wildman–Crippen MR) is 144 cm³/mol. The Hall–Kier alpha value is -3.52. The SMILES string of the molecule is COc1cc2c(Nc3ccc(Cl)c(Cl)c3)ncnc2cc1OC(C)c1c(-c2ccccc2)n[nH]c1Cl. The number of benzene rings is 3. The van der Waals surface area contributed by atoms with Gasteiger partial charge in [-0.2, -0.15) is 5.10 Å². The largest absolute Gasteiger partial charge is 0.493 e. The van der Waals surface area contributed by atoms with Gasteiger partial charge < -0.3 is 14.8 Å². The van der Waals surface area contributed by atoms with Gasteiger partial charge in [-0.05, 0) is 31.2 Å². The fraction of sp³-hybridized carbons (Fsp3) is 0.115. The molecule has 5 rings (SSSR count). The summed E-state index contributed by atoms with van der Waals surface area (Å²) in [7, 11) is 1.58. The summed E-state index contributed by atoms with van der Waals surface area (Å²) in [4.78, 5) is 8.82. The van der Waals surface area contributed by atoms with Gasteiger partial charge in [0.15, 0.2) is 11.5 Å². The second-order valence-corrected chi connectivity index (χ2v) is 9.11. The van der Waals surface area contributed by atoms with Gasteiger partial charge in [-0.3, -0.25) is 5.10 Å². The molecule has 0 aliphatic rings. The number of halogens is 3. The maximum Gasteiger partial charge on any atom is 0.164 e. The van der Waals surface area contributed by atoms with E-state index in [1.54, 1.807) is 19.2 Å². The lowest BCUT2D eigenvalue weighted by atomic mass is 10.0. The monoisotopic (exact) mass is 539 g/mol. The van der Waals surface area contributed by atoms with E-state index in [9.17, 15) is 0 Å². The van der Waals surface area contributed by atoms with Crippen molar-refractivity contribution in [2.45, 2.75) is 13.0 Å².